The van der Waals surface area contributed by atoms with Gasteiger partial charge in [-0.3, -0.25) is 9.59 Å². The van der Waals surface area contributed by atoms with Crippen molar-refractivity contribution in [3.05, 3.63) is 89.9 Å². The van der Waals surface area contributed by atoms with Gasteiger partial charge in [-0.05, 0) is 29.3 Å². The van der Waals surface area contributed by atoms with E-state index in [1.54, 1.807) is 33.9 Å². The third-order valence-corrected chi connectivity index (χ3v) is 5.34. The van der Waals surface area contributed by atoms with E-state index >= 15 is 0 Å². The van der Waals surface area contributed by atoms with Crippen LogP contribution in [0.15, 0.2) is 73.2 Å². The van der Waals surface area contributed by atoms with Crippen molar-refractivity contribution >= 4 is 17.9 Å². The summed E-state index contributed by atoms with van der Waals surface area (Å²) in [6, 6.07) is 17.4. The average Bonchev–Trinajstić information content (AvgIpc) is 3.22. The third kappa shape index (κ3) is 4.03. The standard InChI is InChI=1S/C24H24N4O2/c1-18(29)27-13-12-20-8-6-7-11-22(20)23(27)14-24(30)26(2)16-19-15-25-28(17-19)21-9-4-3-5-10-21/h3-13,15,17,23H,14,16H2,1-2H3/t23-/m1/s1. The first-order valence-corrected chi connectivity index (χ1v) is 9.92. The van der Waals surface area contributed by atoms with Crippen molar-refractivity contribution in [1.29, 1.82) is 0 Å². The van der Waals surface area contributed by atoms with E-state index in [4.69, 9.17) is 0 Å². The Morgan fingerprint density at radius 3 is 2.57 bits per heavy atom. The summed E-state index contributed by atoms with van der Waals surface area (Å²) >= 11 is 0. The van der Waals surface area contributed by atoms with Gasteiger partial charge in [-0.1, -0.05) is 42.5 Å². The molecule has 0 fully saturated rings. The molecule has 0 N–H and O–H groups in total. The van der Waals surface area contributed by atoms with Crippen LogP contribution in [0.4, 0.5) is 0 Å². The van der Waals surface area contributed by atoms with E-state index in [1.165, 1.54) is 6.92 Å². The predicted octanol–water partition coefficient (Wildman–Crippen LogP) is 3.79. The van der Waals surface area contributed by atoms with E-state index in [0.717, 1.165) is 22.4 Å². The van der Waals surface area contributed by atoms with Crippen molar-refractivity contribution in [2.24, 2.45) is 0 Å². The van der Waals surface area contributed by atoms with Crippen molar-refractivity contribution in [2.45, 2.75) is 25.9 Å². The van der Waals surface area contributed by atoms with Gasteiger partial charge >= 0.3 is 0 Å². The molecule has 4 rings (SSSR count). The van der Waals surface area contributed by atoms with Gasteiger partial charge in [0, 0.05) is 38.5 Å². The molecule has 6 nitrogen and oxygen atoms in total. The molecule has 3 aromatic rings. The van der Waals surface area contributed by atoms with E-state index < -0.39 is 0 Å². The first-order chi connectivity index (χ1) is 14.5. The molecule has 152 valence electrons. The van der Waals surface area contributed by atoms with Crippen molar-refractivity contribution in [1.82, 2.24) is 19.6 Å². The molecule has 1 atom stereocenters. The molecule has 0 unspecified atom stereocenters. The summed E-state index contributed by atoms with van der Waals surface area (Å²) in [5, 5.41) is 4.40. The summed E-state index contributed by atoms with van der Waals surface area (Å²) in [5.74, 6) is -0.103. The number of benzene rings is 2. The predicted molar refractivity (Wildman–Crippen MR) is 115 cm³/mol. The van der Waals surface area contributed by atoms with Gasteiger partial charge in [-0.25, -0.2) is 4.68 Å². The van der Waals surface area contributed by atoms with E-state index in [9.17, 15) is 9.59 Å². The molecule has 6 heteroatoms. The summed E-state index contributed by atoms with van der Waals surface area (Å²) in [7, 11) is 1.78. The van der Waals surface area contributed by atoms with Crippen LogP contribution in [0, 0.1) is 0 Å². The van der Waals surface area contributed by atoms with E-state index in [-0.39, 0.29) is 24.3 Å². The maximum atomic E-state index is 13.0. The topological polar surface area (TPSA) is 58.4 Å². The zero-order valence-corrected chi connectivity index (χ0v) is 17.1. The summed E-state index contributed by atoms with van der Waals surface area (Å²) in [4.78, 5) is 28.5. The highest BCUT2D eigenvalue weighted by Gasteiger charge is 2.29. The lowest BCUT2D eigenvalue weighted by molar-refractivity contribution is -0.134. The molecule has 1 aromatic heterocycles. The average molecular weight is 400 g/mol. The van der Waals surface area contributed by atoms with Crippen LogP contribution in [-0.2, 0) is 16.1 Å². The number of aromatic nitrogens is 2. The van der Waals surface area contributed by atoms with Gasteiger partial charge in [0.1, 0.15) is 0 Å². The Kier molecular flexibility index (Phi) is 5.48. The molecule has 0 bridgehead atoms. The van der Waals surface area contributed by atoms with Gasteiger partial charge in [0.2, 0.25) is 11.8 Å². The number of carbonyl (C=O) groups excluding carboxylic acids is 2. The summed E-state index contributed by atoms with van der Waals surface area (Å²) in [6.07, 6.45) is 7.62. The monoisotopic (exact) mass is 400 g/mol. The molecule has 0 saturated carbocycles. The number of rotatable bonds is 5. The number of para-hydroxylation sites is 1. The van der Waals surface area contributed by atoms with Crippen LogP contribution in [0.5, 0.6) is 0 Å². The maximum absolute atomic E-state index is 13.0. The molecule has 0 spiro atoms. The van der Waals surface area contributed by atoms with Crippen LogP contribution >= 0.6 is 0 Å². The fraction of sp³-hybridized carbons (Fsp3) is 0.208. The van der Waals surface area contributed by atoms with Crippen LogP contribution in [0.3, 0.4) is 0 Å². The first-order valence-electron chi connectivity index (χ1n) is 9.92. The number of fused-ring (bicyclic) bond motifs is 1. The summed E-state index contributed by atoms with van der Waals surface area (Å²) in [6.45, 7) is 1.98. The molecule has 2 heterocycles. The molecule has 2 aromatic carbocycles. The number of carbonyl (C=O) groups is 2. The van der Waals surface area contributed by atoms with Crippen LogP contribution in [0.25, 0.3) is 11.8 Å². The minimum atomic E-state index is -0.300. The van der Waals surface area contributed by atoms with Crippen molar-refractivity contribution in [3.63, 3.8) is 0 Å². The summed E-state index contributed by atoms with van der Waals surface area (Å²) < 4.78 is 1.80. The minimum absolute atomic E-state index is 0.0242. The molecule has 1 aliphatic rings. The first kappa shape index (κ1) is 19.6. The fourth-order valence-corrected chi connectivity index (χ4v) is 3.76. The quantitative estimate of drug-likeness (QED) is 0.655. The second kappa shape index (κ2) is 8.37. The fourth-order valence-electron chi connectivity index (χ4n) is 3.76. The van der Waals surface area contributed by atoms with Gasteiger partial charge in [-0.15, -0.1) is 0 Å². The maximum Gasteiger partial charge on any atom is 0.225 e. The van der Waals surface area contributed by atoms with Crippen LogP contribution < -0.4 is 0 Å². The summed E-state index contributed by atoms with van der Waals surface area (Å²) in [5.41, 5.74) is 3.95. The SMILES string of the molecule is CC(=O)N1C=Cc2ccccc2[C@H]1CC(=O)N(C)Cc1cnn(-c2ccccc2)c1. The number of hydrogen-bond donors (Lipinski definition) is 0. The largest absolute Gasteiger partial charge is 0.341 e. The van der Waals surface area contributed by atoms with E-state index in [1.807, 2.05) is 66.9 Å². The number of nitrogens with zero attached hydrogens (tertiary/aromatic N) is 4. The van der Waals surface area contributed by atoms with E-state index in [0.29, 0.717) is 6.54 Å². The lowest BCUT2D eigenvalue weighted by Crippen LogP contribution is -2.35. The normalized spacial score (nSPS) is 15.0. The van der Waals surface area contributed by atoms with Gasteiger partial charge in [-0.2, -0.15) is 5.10 Å². The highest BCUT2D eigenvalue weighted by atomic mass is 16.2. The van der Waals surface area contributed by atoms with Gasteiger partial charge in [0.05, 0.1) is 24.3 Å². The highest BCUT2D eigenvalue weighted by molar-refractivity contribution is 5.81. The third-order valence-electron chi connectivity index (χ3n) is 5.34. The molecule has 0 aliphatic carbocycles. The Morgan fingerprint density at radius 2 is 1.80 bits per heavy atom. The Balaban J connectivity index is 1.47. The Morgan fingerprint density at radius 1 is 1.07 bits per heavy atom. The second-order valence-electron chi connectivity index (χ2n) is 7.47. The van der Waals surface area contributed by atoms with Crippen LogP contribution in [0.1, 0.15) is 36.1 Å². The molecule has 0 radical (unpaired) electrons. The van der Waals surface area contributed by atoms with Crippen LogP contribution in [0.2, 0.25) is 0 Å². The lowest BCUT2D eigenvalue weighted by atomic mass is 9.93. The van der Waals surface area contributed by atoms with Crippen LogP contribution in [-0.4, -0.2) is 38.4 Å². The number of amides is 2. The molecule has 30 heavy (non-hydrogen) atoms. The molecule has 1 aliphatic heterocycles. The lowest BCUT2D eigenvalue weighted by Gasteiger charge is -2.33. The molecule has 2 amide bonds. The van der Waals surface area contributed by atoms with Gasteiger partial charge in [0.25, 0.3) is 0 Å². The van der Waals surface area contributed by atoms with Crippen molar-refractivity contribution in [3.8, 4) is 5.69 Å². The Hall–Kier alpha value is -3.67. The minimum Gasteiger partial charge on any atom is -0.341 e. The Bertz CT molecular complexity index is 1090. The smallest absolute Gasteiger partial charge is 0.225 e. The zero-order chi connectivity index (χ0) is 21.1. The highest BCUT2D eigenvalue weighted by Crippen LogP contribution is 2.33. The number of hydrogen-bond acceptors (Lipinski definition) is 3. The van der Waals surface area contributed by atoms with E-state index in [2.05, 4.69) is 5.10 Å². The second-order valence-corrected chi connectivity index (χ2v) is 7.47. The van der Waals surface area contributed by atoms with Gasteiger partial charge in [0.15, 0.2) is 0 Å². The zero-order valence-electron chi connectivity index (χ0n) is 17.1. The van der Waals surface area contributed by atoms with Crippen molar-refractivity contribution in [2.75, 3.05) is 7.05 Å². The molecular formula is C24H24N4O2. The van der Waals surface area contributed by atoms with Gasteiger partial charge < -0.3 is 9.80 Å². The molecule has 0 saturated heterocycles. The molecular weight excluding hydrogens is 376 g/mol. The Labute approximate surface area is 176 Å². The van der Waals surface area contributed by atoms with Crippen molar-refractivity contribution < 1.29 is 9.59 Å².